The molecule has 2 amide bonds. The molecule has 0 bridgehead atoms. The van der Waals surface area contributed by atoms with E-state index in [-0.39, 0.29) is 17.6 Å². The van der Waals surface area contributed by atoms with Crippen LogP contribution in [0.25, 0.3) is 0 Å². The normalized spacial score (nSPS) is 14.6. The maximum Gasteiger partial charge on any atom is 0.273 e. The molecule has 0 aliphatic carbocycles. The molecule has 6 nitrogen and oxygen atoms in total. The summed E-state index contributed by atoms with van der Waals surface area (Å²) in [5.74, 6) is -0.607. The molecule has 1 fully saturated rings. The zero-order chi connectivity index (χ0) is 17.1. The van der Waals surface area contributed by atoms with E-state index in [1.54, 1.807) is 22.4 Å². The minimum atomic E-state index is -0.258. The molecule has 1 aliphatic rings. The zero-order valence-corrected chi connectivity index (χ0v) is 14.0. The Labute approximate surface area is 142 Å². The number of hydrogen-bond donors (Lipinski definition) is 1. The van der Waals surface area contributed by atoms with Crippen LogP contribution in [0.15, 0.2) is 29.6 Å². The number of amides is 2. The van der Waals surface area contributed by atoms with Gasteiger partial charge in [0.05, 0.1) is 0 Å². The summed E-state index contributed by atoms with van der Waals surface area (Å²) in [5.41, 5.74) is 1.30. The lowest BCUT2D eigenvalue weighted by molar-refractivity contribution is -0.114. The monoisotopic (exact) mass is 348 g/mol. The molecule has 24 heavy (non-hydrogen) atoms. The standard InChI is InChI=1S/C16H17FN4O2S/c1-11(22)18-16-19-14(10-24-16)15(23)21-8-6-20(7-9-21)13-4-2-12(17)3-5-13/h2-5,10H,6-9H2,1H3,(H,18,19,22). The highest BCUT2D eigenvalue weighted by atomic mass is 32.1. The lowest BCUT2D eigenvalue weighted by atomic mass is 10.2. The van der Waals surface area contributed by atoms with Gasteiger partial charge in [-0.05, 0) is 24.3 Å². The topological polar surface area (TPSA) is 65.5 Å². The van der Waals surface area contributed by atoms with Crippen LogP contribution in [0.5, 0.6) is 0 Å². The molecule has 1 aromatic carbocycles. The molecule has 126 valence electrons. The molecule has 1 aliphatic heterocycles. The van der Waals surface area contributed by atoms with Crippen LogP contribution in [-0.4, -0.2) is 47.9 Å². The molecule has 2 aromatic rings. The van der Waals surface area contributed by atoms with Crippen molar-refractivity contribution in [2.45, 2.75) is 6.92 Å². The van der Waals surface area contributed by atoms with Crippen molar-refractivity contribution in [1.29, 1.82) is 0 Å². The second kappa shape index (κ2) is 6.96. The number of nitrogens with zero attached hydrogens (tertiary/aromatic N) is 3. The largest absolute Gasteiger partial charge is 0.368 e. The Morgan fingerprint density at radius 3 is 2.46 bits per heavy atom. The fourth-order valence-corrected chi connectivity index (χ4v) is 3.29. The molecule has 0 saturated carbocycles. The van der Waals surface area contributed by atoms with E-state index in [0.29, 0.717) is 37.0 Å². The SMILES string of the molecule is CC(=O)Nc1nc(C(=O)N2CCN(c3ccc(F)cc3)CC2)cs1. The summed E-state index contributed by atoms with van der Waals surface area (Å²) >= 11 is 1.23. The first-order chi connectivity index (χ1) is 11.5. The fraction of sp³-hybridized carbons (Fsp3) is 0.312. The van der Waals surface area contributed by atoms with E-state index in [0.717, 1.165) is 5.69 Å². The maximum atomic E-state index is 13.0. The van der Waals surface area contributed by atoms with E-state index < -0.39 is 0 Å². The quantitative estimate of drug-likeness (QED) is 0.924. The summed E-state index contributed by atoms with van der Waals surface area (Å²) in [6, 6.07) is 6.36. The predicted molar refractivity (Wildman–Crippen MR) is 90.9 cm³/mol. The van der Waals surface area contributed by atoms with Gasteiger partial charge in [-0.3, -0.25) is 9.59 Å². The van der Waals surface area contributed by atoms with Gasteiger partial charge >= 0.3 is 0 Å². The Kier molecular flexibility index (Phi) is 4.75. The third-order valence-electron chi connectivity index (χ3n) is 3.76. The number of benzene rings is 1. The lowest BCUT2D eigenvalue weighted by Gasteiger charge is -2.35. The van der Waals surface area contributed by atoms with Crippen LogP contribution in [0.1, 0.15) is 17.4 Å². The number of hydrogen-bond acceptors (Lipinski definition) is 5. The Hall–Kier alpha value is -2.48. The first-order valence-electron chi connectivity index (χ1n) is 7.56. The third-order valence-corrected chi connectivity index (χ3v) is 4.52. The van der Waals surface area contributed by atoms with E-state index in [4.69, 9.17) is 0 Å². The Morgan fingerprint density at radius 2 is 1.83 bits per heavy atom. The van der Waals surface area contributed by atoms with Crippen LogP contribution < -0.4 is 10.2 Å². The minimum Gasteiger partial charge on any atom is -0.368 e. The number of rotatable bonds is 3. The van der Waals surface area contributed by atoms with Crippen molar-refractivity contribution < 1.29 is 14.0 Å². The number of piperazine rings is 1. The predicted octanol–water partition coefficient (Wildman–Crippen LogP) is 2.20. The molecular formula is C16H17FN4O2S. The van der Waals surface area contributed by atoms with Crippen molar-refractivity contribution in [1.82, 2.24) is 9.88 Å². The molecule has 1 N–H and O–H groups in total. The second-order valence-electron chi connectivity index (χ2n) is 5.47. The molecule has 1 saturated heterocycles. The van der Waals surface area contributed by atoms with E-state index >= 15 is 0 Å². The highest BCUT2D eigenvalue weighted by Gasteiger charge is 2.24. The van der Waals surface area contributed by atoms with E-state index in [1.165, 1.54) is 30.4 Å². The molecule has 3 rings (SSSR count). The van der Waals surface area contributed by atoms with Gasteiger partial charge in [0.15, 0.2) is 5.13 Å². The average Bonchev–Trinajstić information content (AvgIpc) is 3.03. The third kappa shape index (κ3) is 3.70. The molecule has 0 unspecified atom stereocenters. The van der Waals surface area contributed by atoms with E-state index in [9.17, 15) is 14.0 Å². The van der Waals surface area contributed by atoms with Crippen LogP contribution >= 0.6 is 11.3 Å². The van der Waals surface area contributed by atoms with Gasteiger partial charge in [-0.2, -0.15) is 0 Å². The molecule has 0 spiro atoms. The van der Waals surface area contributed by atoms with Crippen LogP contribution in [-0.2, 0) is 4.79 Å². The number of carbonyl (C=O) groups is 2. The first-order valence-corrected chi connectivity index (χ1v) is 8.44. The zero-order valence-electron chi connectivity index (χ0n) is 13.2. The van der Waals surface area contributed by atoms with Crippen molar-refractivity contribution in [3.8, 4) is 0 Å². The minimum absolute atomic E-state index is 0.137. The van der Waals surface area contributed by atoms with E-state index in [2.05, 4.69) is 15.2 Å². The number of carbonyl (C=O) groups excluding carboxylic acids is 2. The number of anilines is 2. The summed E-state index contributed by atoms with van der Waals surface area (Å²) in [4.78, 5) is 31.5. The Balaban J connectivity index is 1.59. The highest BCUT2D eigenvalue weighted by molar-refractivity contribution is 7.14. The Bertz CT molecular complexity index is 739. The van der Waals surface area contributed by atoms with Crippen molar-refractivity contribution in [2.24, 2.45) is 0 Å². The molecular weight excluding hydrogens is 331 g/mol. The van der Waals surface area contributed by atoms with Crippen LogP contribution in [0.3, 0.4) is 0 Å². The number of thiazole rings is 1. The summed E-state index contributed by atoms with van der Waals surface area (Å²) in [7, 11) is 0. The van der Waals surface area contributed by atoms with Crippen molar-refractivity contribution >= 4 is 34.0 Å². The average molecular weight is 348 g/mol. The van der Waals surface area contributed by atoms with Gasteiger partial charge in [-0.25, -0.2) is 9.37 Å². The van der Waals surface area contributed by atoms with Gasteiger partial charge in [0.1, 0.15) is 11.5 Å². The van der Waals surface area contributed by atoms with Crippen LogP contribution in [0.4, 0.5) is 15.2 Å². The van der Waals surface area contributed by atoms with Gasteiger partial charge in [-0.1, -0.05) is 0 Å². The summed E-state index contributed by atoms with van der Waals surface area (Å²) in [6.07, 6.45) is 0. The van der Waals surface area contributed by atoms with E-state index in [1.807, 2.05) is 0 Å². The van der Waals surface area contributed by atoms with Crippen molar-refractivity contribution in [3.05, 3.63) is 41.2 Å². The van der Waals surface area contributed by atoms with Crippen LogP contribution in [0, 0.1) is 5.82 Å². The lowest BCUT2D eigenvalue weighted by Crippen LogP contribution is -2.48. The summed E-state index contributed by atoms with van der Waals surface area (Å²) in [5, 5.41) is 4.65. The smallest absolute Gasteiger partial charge is 0.273 e. The van der Waals surface area contributed by atoms with Crippen LogP contribution in [0.2, 0.25) is 0 Å². The maximum absolute atomic E-state index is 13.0. The van der Waals surface area contributed by atoms with Crippen molar-refractivity contribution in [3.63, 3.8) is 0 Å². The van der Waals surface area contributed by atoms with Gasteiger partial charge in [0, 0.05) is 44.2 Å². The molecule has 2 heterocycles. The van der Waals surface area contributed by atoms with Gasteiger partial charge in [-0.15, -0.1) is 11.3 Å². The fourth-order valence-electron chi connectivity index (χ4n) is 2.56. The highest BCUT2D eigenvalue weighted by Crippen LogP contribution is 2.20. The van der Waals surface area contributed by atoms with Gasteiger partial charge in [0.25, 0.3) is 5.91 Å². The molecule has 0 radical (unpaired) electrons. The Morgan fingerprint density at radius 1 is 1.17 bits per heavy atom. The van der Waals surface area contributed by atoms with Gasteiger partial charge in [0.2, 0.25) is 5.91 Å². The molecule has 8 heteroatoms. The van der Waals surface area contributed by atoms with Gasteiger partial charge < -0.3 is 15.1 Å². The molecule has 1 aromatic heterocycles. The first kappa shape index (κ1) is 16.4. The van der Waals surface area contributed by atoms with Crippen molar-refractivity contribution in [2.75, 3.05) is 36.4 Å². The summed E-state index contributed by atoms with van der Waals surface area (Å²) in [6.45, 7) is 3.91. The summed E-state index contributed by atoms with van der Waals surface area (Å²) < 4.78 is 13.0. The number of halogens is 1. The molecule has 0 atom stereocenters. The number of nitrogens with one attached hydrogen (secondary N) is 1. The second-order valence-corrected chi connectivity index (χ2v) is 6.33. The number of aromatic nitrogens is 1.